The molecule has 0 bridgehead atoms. The highest BCUT2D eigenvalue weighted by atomic mass is 19.4. The SMILES string of the molecule is O=C(O)c1cc(-c2ccc(O)cc2)nc2[nH]nc(CC(F)(F)F)c12. The van der Waals surface area contributed by atoms with E-state index < -0.39 is 24.3 Å². The van der Waals surface area contributed by atoms with Gasteiger partial charge in [-0.15, -0.1) is 0 Å². The summed E-state index contributed by atoms with van der Waals surface area (Å²) in [7, 11) is 0. The smallest absolute Gasteiger partial charge is 0.394 e. The van der Waals surface area contributed by atoms with Gasteiger partial charge in [0, 0.05) is 5.56 Å². The number of aromatic amines is 1. The van der Waals surface area contributed by atoms with Gasteiger partial charge in [0.05, 0.1) is 28.8 Å². The van der Waals surface area contributed by atoms with E-state index in [9.17, 15) is 28.2 Å². The van der Waals surface area contributed by atoms with Gasteiger partial charge in [-0.2, -0.15) is 18.3 Å². The van der Waals surface area contributed by atoms with E-state index in [0.29, 0.717) is 5.56 Å². The van der Waals surface area contributed by atoms with Crippen molar-refractivity contribution >= 4 is 17.0 Å². The minimum absolute atomic E-state index is 0.0206. The van der Waals surface area contributed by atoms with Crippen LogP contribution in [0.3, 0.4) is 0 Å². The third-order valence-electron chi connectivity index (χ3n) is 3.37. The Balaban J connectivity index is 2.19. The summed E-state index contributed by atoms with van der Waals surface area (Å²) in [4.78, 5) is 15.6. The van der Waals surface area contributed by atoms with Gasteiger partial charge in [0.1, 0.15) is 5.75 Å². The number of nitrogens with zero attached hydrogens (tertiary/aromatic N) is 2. The fourth-order valence-electron chi connectivity index (χ4n) is 2.36. The van der Waals surface area contributed by atoms with Crippen molar-refractivity contribution in [2.24, 2.45) is 0 Å². The molecule has 0 amide bonds. The molecular formula is C15H10F3N3O3. The highest BCUT2D eigenvalue weighted by molar-refractivity contribution is 6.04. The van der Waals surface area contributed by atoms with Crippen LogP contribution in [-0.2, 0) is 6.42 Å². The van der Waals surface area contributed by atoms with E-state index in [-0.39, 0.29) is 28.0 Å². The topological polar surface area (TPSA) is 99.1 Å². The van der Waals surface area contributed by atoms with Gasteiger partial charge in [-0.05, 0) is 30.3 Å². The molecule has 0 radical (unpaired) electrons. The van der Waals surface area contributed by atoms with E-state index in [1.165, 1.54) is 30.3 Å². The number of rotatable bonds is 3. The average molecular weight is 337 g/mol. The lowest BCUT2D eigenvalue weighted by Gasteiger charge is -2.07. The van der Waals surface area contributed by atoms with Crippen LogP contribution in [-0.4, -0.2) is 37.5 Å². The molecule has 24 heavy (non-hydrogen) atoms. The van der Waals surface area contributed by atoms with Crippen molar-refractivity contribution in [1.29, 1.82) is 0 Å². The first-order valence-corrected chi connectivity index (χ1v) is 6.72. The minimum Gasteiger partial charge on any atom is -0.508 e. The molecule has 0 aliphatic rings. The lowest BCUT2D eigenvalue weighted by atomic mass is 10.0. The summed E-state index contributed by atoms with van der Waals surface area (Å²) in [6.45, 7) is 0. The molecule has 0 saturated carbocycles. The van der Waals surface area contributed by atoms with Crippen molar-refractivity contribution in [2.75, 3.05) is 0 Å². The first-order chi connectivity index (χ1) is 11.2. The average Bonchev–Trinajstić information content (AvgIpc) is 2.88. The number of aromatic nitrogens is 3. The van der Waals surface area contributed by atoms with Gasteiger partial charge in [-0.3, -0.25) is 5.10 Å². The molecule has 0 unspecified atom stereocenters. The van der Waals surface area contributed by atoms with Crippen LogP contribution in [0, 0.1) is 0 Å². The Hall–Kier alpha value is -3.10. The quantitative estimate of drug-likeness (QED) is 0.682. The number of carbonyl (C=O) groups is 1. The Morgan fingerprint density at radius 3 is 2.46 bits per heavy atom. The molecule has 0 aliphatic carbocycles. The Morgan fingerprint density at radius 1 is 1.21 bits per heavy atom. The van der Waals surface area contributed by atoms with Crippen LogP contribution in [0.25, 0.3) is 22.3 Å². The van der Waals surface area contributed by atoms with Crippen molar-refractivity contribution in [1.82, 2.24) is 15.2 Å². The largest absolute Gasteiger partial charge is 0.508 e. The molecule has 3 aromatic rings. The minimum atomic E-state index is -4.52. The molecule has 0 spiro atoms. The van der Waals surface area contributed by atoms with E-state index in [4.69, 9.17) is 0 Å². The second-order valence-electron chi connectivity index (χ2n) is 5.09. The number of phenols is 1. The van der Waals surface area contributed by atoms with Crippen LogP contribution in [0.2, 0.25) is 0 Å². The number of halogens is 3. The number of alkyl halides is 3. The maximum Gasteiger partial charge on any atom is 0.394 e. The van der Waals surface area contributed by atoms with E-state index in [0.717, 1.165) is 0 Å². The maximum atomic E-state index is 12.6. The zero-order valence-corrected chi connectivity index (χ0v) is 11.9. The molecule has 0 saturated heterocycles. The van der Waals surface area contributed by atoms with Crippen LogP contribution in [0.1, 0.15) is 16.1 Å². The molecule has 1 aromatic carbocycles. The van der Waals surface area contributed by atoms with Gasteiger partial charge in [0.2, 0.25) is 0 Å². The van der Waals surface area contributed by atoms with Crippen molar-refractivity contribution in [3.8, 4) is 17.0 Å². The first kappa shape index (κ1) is 15.8. The summed E-state index contributed by atoms with van der Waals surface area (Å²) in [5.74, 6) is -1.36. The summed E-state index contributed by atoms with van der Waals surface area (Å²) >= 11 is 0. The molecule has 3 N–H and O–H groups in total. The van der Waals surface area contributed by atoms with Crippen LogP contribution in [0.4, 0.5) is 13.2 Å². The highest BCUT2D eigenvalue weighted by Crippen LogP contribution is 2.30. The number of carboxylic acid groups (broad SMARTS) is 1. The van der Waals surface area contributed by atoms with Gasteiger partial charge < -0.3 is 10.2 Å². The van der Waals surface area contributed by atoms with Crippen molar-refractivity contribution in [2.45, 2.75) is 12.6 Å². The van der Waals surface area contributed by atoms with Gasteiger partial charge in [-0.1, -0.05) is 0 Å². The number of carboxylic acids is 1. The molecule has 124 valence electrons. The number of aromatic hydroxyl groups is 1. The van der Waals surface area contributed by atoms with Crippen LogP contribution in [0.5, 0.6) is 5.75 Å². The maximum absolute atomic E-state index is 12.6. The Bertz CT molecular complexity index is 917. The number of pyridine rings is 1. The van der Waals surface area contributed by atoms with E-state index in [1.807, 2.05) is 0 Å². The molecular weight excluding hydrogens is 327 g/mol. The number of hydrogen-bond donors (Lipinski definition) is 3. The lowest BCUT2D eigenvalue weighted by Crippen LogP contribution is -2.13. The van der Waals surface area contributed by atoms with Crippen molar-refractivity contribution in [3.05, 3.63) is 41.6 Å². The van der Waals surface area contributed by atoms with E-state index >= 15 is 0 Å². The number of hydrogen-bond acceptors (Lipinski definition) is 4. The number of nitrogens with one attached hydrogen (secondary N) is 1. The summed E-state index contributed by atoms with van der Waals surface area (Å²) in [5, 5.41) is 24.4. The first-order valence-electron chi connectivity index (χ1n) is 6.72. The van der Waals surface area contributed by atoms with E-state index in [2.05, 4.69) is 15.2 Å². The zero-order chi connectivity index (χ0) is 17.5. The van der Waals surface area contributed by atoms with Crippen molar-refractivity contribution < 1.29 is 28.2 Å². The highest BCUT2D eigenvalue weighted by Gasteiger charge is 2.31. The van der Waals surface area contributed by atoms with Gasteiger partial charge >= 0.3 is 12.1 Å². The Morgan fingerprint density at radius 2 is 1.88 bits per heavy atom. The van der Waals surface area contributed by atoms with Crippen LogP contribution in [0.15, 0.2) is 30.3 Å². The number of phenolic OH excluding ortho intramolecular Hbond substituents is 1. The summed E-state index contributed by atoms with van der Waals surface area (Å²) in [5.41, 5.74) is -0.0424. The second kappa shape index (κ2) is 5.52. The normalized spacial score (nSPS) is 11.8. The van der Waals surface area contributed by atoms with Crippen molar-refractivity contribution in [3.63, 3.8) is 0 Å². The number of aromatic carboxylic acids is 1. The summed E-state index contributed by atoms with van der Waals surface area (Å²) < 4.78 is 37.8. The molecule has 3 rings (SSSR count). The number of fused-ring (bicyclic) bond motifs is 1. The predicted octanol–water partition coefficient (Wildman–Crippen LogP) is 3.13. The monoisotopic (exact) mass is 337 g/mol. The molecule has 0 aliphatic heterocycles. The Labute approximate surface area is 132 Å². The molecule has 0 atom stereocenters. The standard InChI is InChI=1S/C15H10F3N3O3/c16-15(17,18)6-11-12-9(14(23)24)5-10(19-13(12)21-20-11)7-1-3-8(22)4-2-7/h1-5,22H,6H2,(H,23,24)(H,19,20,21). The summed E-state index contributed by atoms with van der Waals surface area (Å²) in [6, 6.07) is 7.00. The molecule has 2 heterocycles. The zero-order valence-electron chi connectivity index (χ0n) is 11.9. The van der Waals surface area contributed by atoms with E-state index in [1.54, 1.807) is 0 Å². The number of benzene rings is 1. The predicted molar refractivity (Wildman–Crippen MR) is 77.7 cm³/mol. The molecule has 6 nitrogen and oxygen atoms in total. The van der Waals surface area contributed by atoms with Gasteiger partial charge in [0.25, 0.3) is 0 Å². The summed E-state index contributed by atoms with van der Waals surface area (Å²) in [6.07, 6.45) is -5.87. The number of H-pyrrole nitrogens is 1. The second-order valence-corrected chi connectivity index (χ2v) is 5.09. The molecule has 2 aromatic heterocycles. The fourth-order valence-corrected chi connectivity index (χ4v) is 2.36. The van der Waals surface area contributed by atoms with Crippen LogP contribution >= 0.6 is 0 Å². The molecule has 9 heteroatoms. The Kier molecular flexibility index (Phi) is 3.63. The molecule has 0 fully saturated rings. The van der Waals surface area contributed by atoms with Crippen LogP contribution < -0.4 is 0 Å². The lowest BCUT2D eigenvalue weighted by molar-refractivity contribution is -0.127. The van der Waals surface area contributed by atoms with Gasteiger partial charge in [-0.25, -0.2) is 9.78 Å². The fraction of sp³-hybridized carbons (Fsp3) is 0.133. The van der Waals surface area contributed by atoms with Gasteiger partial charge in [0.15, 0.2) is 5.65 Å². The third-order valence-corrected chi connectivity index (χ3v) is 3.37. The third kappa shape index (κ3) is 3.00.